The smallest absolute Gasteiger partial charge is 0.412 e. The quantitative estimate of drug-likeness (QED) is 0.739. The van der Waals surface area contributed by atoms with Gasteiger partial charge in [0.2, 0.25) is 0 Å². The summed E-state index contributed by atoms with van der Waals surface area (Å²) in [6.07, 6.45) is 1.45. The highest BCUT2D eigenvalue weighted by molar-refractivity contribution is 5.69. The largest absolute Gasteiger partial charge is 0.444 e. The third kappa shape index (κ3) is 4.66. The highest BCUT2D eigenvalue weighted by atomic mass is 16.6. The number of rotatable bonds is 4. The molecule has 112 valence electrons. The Morgan fingerprint density at radius 1 is 1.42 bits per heavy atom. The fourth-order valence-corrected chi connectivity index (χ4v) is 2.24. The molecule has 5 nitrogen and oxygen atoms in total. The highest BCUT2D eigenvalue weighted by Crippen LogP contribution is 2.31. The van der Waals surface area contributed by atoms with E-state index in [1.54, 1.807) is 12.0 Å². The molecule has 0 aromatic rings. The standard InChI is InChI=1S/C14H27NO4/c1-13(2,3)19-12(16)15-11(8-7-9-17-6)10-18-14(15,4)5/h11H,7-10H2,1-6H3/t11-/m1/s1. The van der Waals surface area contributed by atoms with Crippen molar-refractivity contribution in [3.05, 3.63) is 0 Å². The van der Waals surface area contributed by atoms with Crippen LogP contribution < -0.4 is 0 Å². The van der Waals surface area contributed by atoms with Crippen molar-refractivity contribution < 1.29 is 19.0 Å². The Morgan fingerprint density at radius 3 is 2.58 bits per heavy atom. The van der Waals surface area contributed by atoms with Crippen molar-refractivity contribution in [2.24, 2.45) is 0 Å². The molecule has 0 aliphatic carbocycles. The van der Waals surface area contributed by atoms with E-state index in [0.29, 0.717) is 13.2 Å². The monoisotopic (exact) mass is 273 g/mol. The van der Waals surface area contributed by atoms with Crippen LogP contribution in [0.3, 0.4) is 0 Å². The maximum Gasteiger partial charge on any atom is 0.412 e. The Hall–Kier alpha value is -0.810. The summed E-state index contributed by atoms with van der Waals surface area (Å²) in [6, 6.07) is 0.0556. The zero-order valence-electron chi connectivity index (χ0n) is 13.0. The molecule has 0 N–H and O–H groups in total. The molecule has 1 aliphatic rings. The van der Waals surface area contributed by atoms with E-state index in [0.717, 1.165) is 12.8 Å². The molecule has 0 aromatic carbocycles. The Labute approximate surface area is 116 Å². The molecule has 0 bridgehead atoms. The third-order valence-electron chi connectivity index (χ3n) is 3.05. The molecular weight excluding hydrogens is 246 g/mol. The summed E-state index contributed by atoms with van der Waals surface area (Å²) >= 11 is 0. The fraction of sp³-hybridized carbons (Fsp3) is 0.929. The topological polar surface area (TPSA) is 48.0 Å². The minimum atomic E-state index is -0.611. The number of carbonyl (C=O) groups is 1. The van der Waals surface area contributed by atoms with Crippen LogP contribution in [0.4, 0.5) is 4.79 Å². The van der Waals surface area contributed by atoms with E-state index in [-0.39, 0.29) is 12.1 Å². The van der Waals surface area contributed by atoms with E-state index in [4.69, 9.17) is 14.2 Å². The summed E-state index contributed by atoms with van der Waals surface area (Å²) < 4.78 is 16.2. The minimum absolute atomic E-state index is 0.0556. The van der Waals surface area contributed by atoms with Gasteiger partial charge in [0.05, 0.1) is 12.6 Å². The molecule has 1 atom stereocenters. The molecule has 19 heavy (non-hydrogen) atoms. The van der Waals surface area contributed by atoms with Gasteiger partial charge in [0.25, 0.3) is 0 Å². The number of amides is 1. The first kappa shape index (κ1) is 16.2. The lowest BCUT2D eigenvalue weighted by Gasteiger charge is -2.35. The molecule has 0 spiro atoms. The van der Waals surface area contributed by atoms with Gasteiger partial charge in [0, 0.05) is 13.7 Å². The van der Waals surface area contributed by atoms with Crippen LogP contribution >= 0.6 is 0 Å². The van der Waals surface area contributed by atoms with Gasteiger partial charge in [-0.05, 0) is 47.5 Å². The van der Waals surface area contributed by atoms with Gasteiger partial charge in [-0.15, -0.1) is 0 Å². The minimum Gasteiger partial charge on any atom is -0.444 e. The molecule has 1 fully saturated rings. The average Bonchev–Trinajstić information content (AvgIpc) is 2.52. The SMILES string of the molecule is COCCC[C@@H]1COC(C)(C)N1C(=O)OC(C)(C)C. The lowest BCUT2D eigenvalue weighted by atomic mass is 10.1. The number of methoxy groups -OCH3 is 1. The van der Waals surface area contributed by atoms with Crippen molar-refractivity contribution in [3.8, 4) is 0 Å². The van der Waals surface area contributed by atoms with Crippen molar-refractivity contribution >= 4 is 6.09 Å². The first-order valence-electron chi connectivity index (χ1n) is 6.82. The van der Waals surface area contributed by atoms with Gasteiger partial charge < -0.3 is 14.2 Å². The maximum absolute atomic E-state index is 12.3. The van der Waals surface area contributed by atoms with Crippen LogP contribution in [0.25, 0.3) is 0 Å². The summed E-state index contributed by atoms with van der Waals surface area (Å²) in [6.45, 7) is 10.6. The third-order valence-corrected chi connectivity index (χ3v) is 3.05. The van der Waals surface area contributed by atoms with E-state index in [2.05, 4.69) is 0 Å². The van der Waals surface area contributed by atoms with Gasteiger partial charge in [0.15, 0.2) is 0 Å². The average molecular weight is 273 g/mol. The van der Waals surface area contributed by atoms with Crippen molar-refractivity contribution in [1.29, 1.82) is 0 Å². The Morgan fingerprint density at radius 2 is 2.05 bits per heavy atom. The number of carbonyl (C=O) groups excluding carboxylic acids is 1. The lowest BCUT2D eigenvalue weighted by molar-refractivity contribution is -0.0628. The predicted octanol–water partition coefficient (Wildman–Crippen LogP) is 2.79. The first-order valence-corrected chi connectivity index (χ1v) is 6.82. The lowest BCUT2D eigenvalue weighted by Crippen LogP contribution is -2.49. The van der Waals surface area contributed by atoms with Gasteiger partial charge in [-0.25, -0.2) is 4.79 Å². The van der Waals surface area contributed by atoms with Gasteiger partial charge in [-0.2, -0.15) is 0 Å². The maximum atomic E-state index is 12.3. The van der Waals surface area contributed by atoms with E-state index in [1.165, 1.54) is 0 Å². The first-order chi connectivity index (χ1) is 8.67. The molecule has 1 aliphatic heterocycles. The summed E-state index contributed by atoms with van der Waals surface area (Å²) in [5, 5.41) is 0. The predicted molar refractivity (Wildman–Crippen MR) is 73.0 cm³/mol. The number of ether oxygens (including phenoxy) is 3. The van der Waals surface area contributed by atoms with Crippen LogP contribution in [0.2, 0.25) is 0 Å². The van der Waals surface area contributed by atoms with Crippen molar-refractivity contribution in [2.45, 2.75) is 64.8 Å². The second-order valence-electron chi connectivity index (χ2n) is 6.40. The Bertz CT molecular complexity index is 309. The van der Waals surface area contributed by atoms with Crippen LogP contribution in [0, 0.1) is 0 Å². The normalized spacial score (nSPS) is 22.6. The molecule has 1 saturated heterocycles. The van der Waals surface area contributed by atoms with E-state index >= 15 is 0 Å². The summed E-state index contributed by atoms with van der Waals surface area (Å²) in [5.41, 5.74) is -1.10. The van der Waals surface area contributed by atoms with E-state index < -0.39 is 11.3 Å². The highest BCUT2D eigenvalue weighted by Gasteiger charge is 2.45. The molecule has 0 saturated carbocycles. The van der Waals surface area contributed by atoms with Crippen molar-refractivity contribution in [2.75, 3.05) is 20.3 Å². The van der Waals surface area contributed by atoms with Gasteiger partial charge in [-0.1, -0.05) is 0 Å². The summed E-state index contributed by atoms with van der Waals surface area (Å²) in [4.78, 5) is 14.0. The number of nitrogens with zero attached hydrogens (tertiary/aromatic N) is 1. The van der Waals surface area contributed by atoms with Gasteiger partial charge in [0.1, 0.15) is 11.3 Å². The van der Waals surface area contributed by atoms with E-state index in [1.807, 2.05) is 34.6 Å². The van der Waals surface area contributed by atoms with Crippen molar-refractivity contribution in [1.82, 2.24) is 4.90 Å². The molecule has 0 radical (unpaired) electrons. The van der Waals surface area contributed by atoms with Gasteiger partial charge in [-0.3, -0.25) is 4.90 Å². The molecule has 0 unspecified atom stereocenters. The van der Waals surface area contributed by atoms with Crippen LogP contribution in [0.5, 0.6) is 0 Å². The van der Waals surface area contributed by atoms with Crippen molar-refractivity contribution in [3.63, 3.8) is 0 Å². The Kier molecular flexibility index (Phi) is 5.21. The molecular formula is C14H27NO4. The molecule has 1 heterocycles. The number of hydrogen-bond donors (Lipinski definition) is 0. The molecule has 0 aromatic heterocycles. The second kappa shape index (κ2) is 6.09. The molecule has 1 rings (SSSR count). The zero-order chi connectivity index (χ0) is 14.7. The zero-order valence-corrected chi connectivity index (χ0v) is 13.0. The molecule has 5 heteroatoms. The Balaban J connectivity index is 2.69. The van der Waals surface area contributed by atoms with Crippen LogP contribution in [-0.4, -0.2) is 48.7 Å². The molecule has 1 amide bonds. The van der Waals surface area contributed by atoms with E-state index in [9.17, 15) is 4.79 Å². The van der Waals surface area contributed by atoms with Gasteiger partial charge >= 0.3 is 6.09 Å². The van der Waals surface area contributed by atoms with Crippen LogP contribution in [0.1, 0.15) is 47.5 Å². The fourth-order valence-electron chi connectivity index (χ4n) is 2.24. The number of hydrogen-bond acceptors (Lipinski definition) is 4. The van der Waals surface area contributed by atoms with Crippen LogP contribution in [0.15, 0.2) is 0 Å². The summed E-state index contributed by atoms with van der Waals surface area (Å²) in [5.74, 6) is 0. The summed E-state index contributed by atoms with van der Waals surface area (Å²) in [7, 11) is 1.68. The second-order valence-corrected chi connectivity index (χ2v) is 6.40. The van der Waals surface area contributed by atoms with Crippen LogP contribution in [-0.2, 0) is 14.2 Å².